The number of benzene rings is 3. The Morgan fingerprint density at radius 1 is 0.897 bits per heavy atom. The molecule has 29 heavy (non-hydrogen) atoms. The summed E-state index contributed by atoms with van der Waals surface area (Å²) in [5.74, 6) is 1.08. The van der Waals surface area contributed by atoms with E-state index < -0.39 is 18.6 Å². The van der Waals surface area contributed by atoms with E-state index >= 15 is 0 Å². The number of nitrogens with one attached hydrogen (secondary N) is 1. The fraction of sp³-hybridized carbons (Fsp3) is 0.208. The summed E-state index contributed by atoms with van der Waals surface area (Å²) in [7, 11) is 1.34. The highest BCUT2D eigenvalue weighted by Gasteiger charge is 2.18. The van der Waals surface area contributed by atoms with Gasteiger partial charge in [0.05, 0.1) is 21.7 Å². The average Bonchev–Trinajstić information content (AvgIpc) is 2.80. The van der Waals surface area contributed by atoms with Gasteiger partial charge < -0.3 is 14.2 Å². The molecule has 3 aromatic carbocycles. The molecule has 0 amide bonds. The molecule has 0 radical (unpaired) electrons. The first-order valence-corrected chi connectivity index (χ1v) is 9.37. The van der Waals surface area contributed by atoms with E-state index in [9.17, 15) is 4.79 Å². The topological polar surface area (TPSA) is 56.8 Å². The molecule has 150 valence electrons. The second-order valence-corrected chi connectivity index (χ2v) is 6.38. The zero-order valence-electron chi connectivity index (χ0n) is 17.3. The first-order chi connectivity index (χ1) is 14.7. The minimum Gasteiger partial charge on any atom is -0.468 e. The molecule has 5 nitrogen and oxygen atoms in total. The summed E-state index contributed by atoms with van der Waals surface area (Å²) in [5, 5.41) is 3.14. The van der Waals surface area contributed by atoms with Crippen molar-refractivity contribution in [2.24, 2.45) is 0 Å². The van der Waals surface area contributed by atoms with E-state index in [2.05, 4.69) is 5.32 Å². The van der Waals surface area contributed by atoms with Crippen molar-refractivity contribution >= 4 is 5.97 Å². The van der Waals surface area contributed by atoms with Crippen molar-refractivity contribution in [3.8, 4) is 11.5 Å². The van der Waals surface area contributed by atoms with Crippen molar-refractivity contribution in [1.82, 2.24) is 5.32 Å². The smallest absolute Gasteiger partial charge is 0.325 e. The molecule has 2 atom stereocenters. The Morgan fingerprint density at radius 2 is 1.52 bits per heavy atom. The summed E-state index contributed by atoms with van der Waals surface area (Å²) in [6, 6.07) is 25.7. The highest BCUT2D eigenvalue weighted by molar-refractivity contribution is 5.75. The molecule has 0 fully saturated rings. The third-order valence-electron chi connectivity index (χ3n) is 4.22. The average molecular weight is 392 g/mol. The minimum absolute atomic E-state index is 0.0327. The van der Waals surface area contributed by atoms with Crippen LogP contribution in [-0.4, -0.2) is 25.7 Å². The number of methoxy groups -OCH3 is 1. The van der Waals surface area contributed by atoms with Gasteiger partial charge in [0.1, 0.15) is 17.5 Å². The molecule has 0 spiro atoms. The zero-order valence-corrected chi connectivity index (χ0v) is 16.3. The molecule has 0 heterocycles. The Labute approximate surface area is 172 Å². The standard InChI is InChI=1S/C24H25NO4/c1-27-24(26)23(18-28-17-20-8-4-2-5-9-20)25-16-19-12-14-22(15-13-19)29-21-10-6-3-7-11-21/h2-15,23,25H,16-18H2,1H3/t23-/m0/s1/i17D/t17?,23-. The van der Waals surface area contributed by atoms with E-state index in [0.29, 0.717) is 6.54 Å². The van der Waals surface area contributed by atoms with E-state index in [-0.39, 0.29) is 6.61 Å². The molecule has 3 aromatic rings. The normalized spacial score (nSPS) is 13.2. The van der Waals surface area contributed by atoms with Gasteiger partial charge in [-0.05, 0) is 35.4 Å². The van der Waals surface area contributed by atoms with Gasteiger partial charge in [-0.15, -0.1) is 0 Å². The van der Waals surface area contributed by atoms with Crippen LogP contribution in [0.1, 0.15) is 12.5 Å². The number of esters is 1. The maximum atomic E-state index is 12.1. The summed E-state index contributed by atoms with van der Waals surface area (Å²) in [4.78, 5) is 12.1. The van der Waals surface area contributed by atoms with Crippen LogP contribution in [0.4, 0.5) is 0 Å². The van der Waals surface area contributed by atoms with Crippen LogP contribution in [0.3, 0.4) is 0 Å². The van der Waals surface area contributed by atoms with Gasteiger partial charge in [0.15, 0.2) is 0 Å². The lowest BCUT2D eigenvalue weighted by atomic mass is 10.2. The number of hydrogen-bond acceptors (Lipinski definition) is 5. The molecule has 0 saturated heterocycles. The highest BCUT2D eigenvalue weighted by atomic mass is 16.5. The summed E-state index contributed by atoms with van der Waals surface area (Å²) in [6.07, 6.45) is 0. The van der Waals surface area contributed by atoms with Crippen molar-refractivity contribution < 1.29 is 20.4 Å². The molecule has 0 aromatic heterocycles. The predicted molar refractivity (Wildman–Crippen MR) is 112 cm³/mol. The number of ether oxygens (including phenoxy) is 3. The Kier molecular flexibility index (Phi) is 7.27. The van der Waals surface area contributed by atoms with Gasteiger partial charge in [-0.3, -0.25) is 10.1 Å². The largest absolute Gasteiger partial charge is 0.468 e. The van der Waals surface area contributed by atoms with Gasteiger partial charge in [-0.1, -0.05) is 60.7 Å². The second kappa shape index (κ2) is 11.0. The number of hydrogen-bond donors (Lipinski definition) is 1. The molecule has 1 unspecified atom stereocenters. The van der Waals surface area contributed by atoms with Gasteiger partial charge in [0.25, 0.3) is 0 Å². The highest BCUT2D eigenvalue weighted by Crippen LogP contribution is 2.21. The van der Waals surface area contributed by atoms with Crippen LogP contribution < -0.4 is 10.1 Å². The maximum absolute atomic E-state index is 12.1. The number of rotatable bonds is 10. The summed E-state index contributed by atoms with van der Waals surface area (Å²) in [6.45, 7) is -0.386. The summed E-state index contributed by atoms with van der Waals surface area (Å²) >= 11 is 0. The molecule has 5 heteroatoms. The fourth-order valence-electron chi connectivity index (χ4n) is 2.67. The molecule has 0 aliphatic heterocycles. The molecule has 0 bridgehead atoms. The van der Waals surface area contributed by atoms with Crippen molar-refractivity contribution in [2.75, 3.05) is 13.7 Å². The zero-order chi connectivity index (χ0) is 21.2. The first-order valence-electron chi connectivity index (χ1n) is 9.95. The minimum atomic E-state index is -0.866. The van der Waals surface area contributed by atoms with E-state index in [0.717, 1.165) is 22.6 Å². The lowest BCUT2D eigenvalue weighted by Gasteiger charge is -2.17. The second-order valence-electron chi connectivity index (χ2n) is 6.38. The molecule has 0 saturated carbocycles. The number of carbonyl (C=O) groups is 1. The van der Waals surface area contributed by atoms with Crippen LogP contribution in [0.5, 0.6) is 11.5 Å². The first kappa shape index (κ1) is 19.2. The van der Waals surface area contributed by atoms with E-state index in [1.54, 1.807) is 0 Å². The Hall–Kier alpha value is -3.15. The van der Waals surface area contributed by atoms with Crippen LogP contribution in [-0.2, 0) is 27.4 Å². The molecule has 0 aliphatic carbocycles. The van der Waals surface area contributed by atoms with Crippen molar-refractivity contribution in [2.45, 2.75) is 19.2 Å². The monoisotopic (exact) mass is 392 g/mol. The van der Waals surface area contributed by atoms with Crippen LogP contribution in [0.15, 0.2) is 84.9 Å². The number of carbonyl (C=O) groups excluding carboxylic acids is 1. The van der Waals surface area contributed by atoms with Gasteiger partial charge >= 0.3 is 5.97 Å². The SMILES string of the molecule is [2H]C(OC[C@H](NCc1ccc(Oc2ccccc2)cc1)C(=O)OC)c1ccccc1. The third-order valence-corrected chi connectivity index (χ3v) is 4.22. The van der Waals surface area contributed by atoms with E-state index in [1.165, 1.54) is 7.11 Å². The molecule has 3 rings (SSSR count). The molecular formula is C24H25NO4. The predicted octanol–water partition coefficient (Wildman–Crippen LogP) is 4.33. The maximum Gasteiger partial charge on any atom is 0.325 e. The van der Waals surface area contributed by atoms with Crippen molar-refractivity contribution in [1.29, 1.82) is 0 Å². The van der Waals surface area contributed by atoms with Gasteiger partial charge in [-0.25, -0.2) is 0 Å². The molecular weight excluding hydrogens is 366 g/mol. The lowest BCUT2D eigenvalue weighted by Crippen LogP contribution is -2.41. The Bertz CT molecular complexity index is 904. The quantitative estimate of drug-likeness (QED) is 0.521. The van der Waals surface area contributed by atoms with Gasteiger partial charge in [-0.2, -0.15) is 0 Å². The molecule has 0 aliphatic rings. The molecule has 1 N–H and O–H groups in total. The van der Waals surface area contributed by atoms with Gasteiger partial charge in [0.2, 0.25) is 0 Å². The van der Waals surface area contributed by atoms with Crippen LogP contribution in [0.25, 0.3) is 0 Å². The fourth-order valence-corrected chi connectivity index (χ4v) is 2.67. The van der Waals surface area contributed by atoms with Crippen LogP contribution >= 0.6 is 0 Å². The van der Waals surface area contributed by atoms with E-state index in [1.807, 2.05) is 84.9 Å². The Balaban J connectivity index is 1.53. The van der Waals surface area contributed by atoms with Gasteiger partial charge in [0, 0.05) is 6.54 Å². The van der Waals surface area contributed by atoms with Crippen molar-refractivity contribution in [3.63, 3.8) is 0 Å². The van der Waals surface area contributed by atoms with E-state index in [4.69, 9.17) is 15.6 Å². The summed E-state index contributed by atoms with van der Waals surface area (Å²) in [5.41, 5.74) is 1.71. The number of para-hydroxylation sites is 1. The lowest BCUT2D eigenvalue weighted by molar-refractivity contribution is -0.145. The van der Waals surface area contributed by atoms with Crippen LogP contribution in [0, 0.1) is 0 Å². The third kappa shape index (κ3) is 6.75. The Morgan fingerprint density at radius 3 is 2.17 bits per heavy atom. The van der Waals surface area contributed by atoms with Crippen molar-refractivity contribution in [3.05, 3.63) is 96.1 Å². The summed E-state index contributed by atoms with van der Waals surface area (Å²) < 4.78 is 24.3. The van der Waals surface area contributed by atoms with Crippen LogP contribution in [0.2, 0.25) is 0 Å².